The fourth-order valence-electron chi connectivity index (χ4n) is 2.32. The summed E-state index contributed by atoms with van der Waals surface area (Å²) in [6, 6.07) is 2.58. The van der Waals surface area contributed by atoms with Gasteiger partial charge in [-0.1, -0.05) is 11.3 Å². The number of carboxylic acid groups (broad SMARTS) is 1. The van der Waals surface area contributed by atoms with Crippen molar-refractivity contribution in [2.45, 2.75) is 19.3 Å². The Morgan fingerprint density at radius 1 is 1.32 bits per heavy atom. The molecule has 1 aliphatic rings. The number of carboxylic acids is 1. The molecule has 1 aromatic heterocycles. The van der Waals surface area contributed by atoms with E-state index in [1.54, 1.807) is 0 Å². The number of hydrogen-bond donors (Lipinski definition) is 1. The smallest absolute Gasteiger partial charge is 0.338 e. The standard InChI is InChI=1S/C13H13FN2O2S/c14-9-7-10-11(6-8(9)12(17)18)19-13(15-10)16-4-2-1-3-5-16/h6-7H,1-5H2,(H,17,18). The van der Waals surface area contributed by atoms with Gasteiger partial charge in [-0.3, -0.25) is 0 Å². The maximum Gasteiger partial charge on any atom is 0.338 e. The number of fused-ring (bicyclic) bond motifs is 1. The average Bonchev–Trinajstić information content (AvgIpc) is 2.81. The van der Waals surface area contributed by atoms with Gasteiger partial charge in [-0.2, -0.15) is 0 Å². The fourth-order valence-corrected chi connectivity index (χ4v) is 3.36. The van der Waals surface area contributed by atoms with Gasteiger partial charge in [0, 0.05) is 19.2 Å². The van der Waals surface area contributed by atoms with Crippen LogP contribution in [0.3, 0.4) is 0 Å². The third kappa shape index (κ3) is 2.28. The van der Waals surface area contributed by atoms with Gasteiger partial charge in [-0.15, -0.1) is 0 Å². The molecule has 1 fully saturated rings. The summed E-state index contributed by atoms with van der Waals surface area (Å²) in [5.74, 6) is -1.97. The molecule has 6 heteroatoms. The Morgan fingerprint density at radius 2 is 2.05 bits per heavy atom. The van der Waals surface area contributed by atoms with E-state index in [9.17, 15) is 9.18 Å². The molecule has 1 aromatic carbocycles. The highest BCUT2D eigenvalue weighted by Crippen LogP contribution is 2.32. The minimum atomic E-state index is -1.24. The number of benzene rings is 1. The van der Waals surface area contributed by atoms with Crippen molar-refractivity contribution in [2.75, 3.05) is 18.0 Å². The van der Waals surface area contributed by atoms with Crippen LogP contribution in [0.5, 0.6) is 0 Å². The second-order valence-corrected chi connectivity index (χ2v) is 5.66. The molecule has 1 N–H and O–H groups in total. The number of aromatic nitrogens is 1. The van der Waals surface area contributed by atoms with Gasteiger partial charge >= 0.3 is 5.97 Å². The molecule has 0 aliphatic carbocycles. The lowest BCUT2D eigenvalue weighted by Gasteiger charge is -2.25. The number of thiazole rings is 1. The Hall–Kier alpha value is -1.69. The monoisotopic (exact) mass is 280 g/mol. The summed E-state index contributed by atoms with van der Waals surface area (Å²) in [4.78, 5) is 17.5. The summed E-state index contributed by atoms with van der Waals surface area (Å²) in [6.45, 7) is 1.93. The molecule has 3 rings (SSSR count). The van der Waals surface area contributed by atoms with Crippen LogP contribution in [-0.4, -0.2) is 29.1 Å². The molecule has 2 aromatic rings. The first-order valence-electron chi connectivity index (χ1n) is 6.23. The number of carbonyl (C=O) groups is 1. The van der Waals surface area contributed by atoms with Gasteiger partial charge < -0.3 is 10.0 Å². The lowest BCUT2D eigenvalue weighted by molar-refractivity contribution is 0.0692. The predicted molar refractivity (Wildman–Crippen MR) is 72.6 cm³/mol. The molecular formula is C13H13FN2O2S. The van der Waals surface area contributed by atoms with E-state index in [2.05, 4.69) is 9.88 Å². The normalized spacial score (nSPS) is 15.9. The van der Waals surface area contributed by atoms with Crippen molar-refractivity contribution in [2.24, 2.45) is 0 Å². The van der Waals surface area contributed by atoms with E-state index in [0.717, 1.165) is 35.8 Å². The van der Waals surface area contributed by atoms with E-state index in [4.69, 9.17) is 5.11 Å². The Balaban J connectivity index is 2.02. The van der Waals surface area contributed by atoms with Gasteiger partial charge in [0.1, 0.15) is 5.82 Å². The van der Waals surface area contributed by atoms with Crippen LogP contribution in [0.25, 0.3) is 10.2 Å². The third-order valence-electron chi connectivity index (χ3n) is 3.32. The average molecular weight is 280 g/mol. The van der Waals surface area contributed by atoms with Gasteiger partial charge in [0.25, 0.3) is 0 Å². The first-order valence-corrected chi connectivity index (χ1v) is 7.05. The SMILES string of the molecule is O=C(O)c1cc2sc(N3CCCCC3)nc2cc1F. The van der Waals surface area contributed by atoms with Crippen LogP contribution >= 0.6 is 11.3 Å². The molecule has 0 saturated carbocycles. The number of aromatic carboxylic acids is 1. The lowest BCUT2D eigenvalue weighted by Crippen LogP contribution is -2.29. The van der Waals surface area contributed by atoms with E-state index >= 15 is 0 Å². The predicted octanol–water partition coefficient (Wildman–Crippen LogP) is 3.12. The molecule has 4 nitrogen and oxygen atoms in total. The van der Waals surface area contributed by atoms with Crippen LogP contribution in [0.15, 0.2) is 12.1 Å². The molecule has 0 unspecified atom stereocenters. The maximum absolute atomic E-state index is 13.6. The first-order chi connectivity index (χ1) is 9.15. The highest BCUT2D eigenvalue weighted by Gasteiger charge is 2.18. The second-order valence-electron chi connectivity index (χ2n) is 4.65. The molecule has 19 heavy (non-hydrogen) atoms. The van der Waals surface area contributed by atoms with Crippen molar-refractivity contribution in [1.29, 1.82) is 0 Å². The van der Waals surface area contributed by atoms with Gasteiger partial charge in [0.2, 0.25) is 0 Å². The Labute approximate surface area is 113 Å². The van der Waals surface area contributed by atoms with E-state index < -0.39 is 11.8 Å². The summed E-state index contributed by atoms with van der Waals surface area (Å²) in [7, 11) is 0. The minimum Gasteiger partial charge on any atom is -0.478 e. The Kier molecular flexibility index (Phi) is 3.10. The fraction of sp³-hybridized carbons (Fsp3) is 0.385. The molecule has 0 bridgehead atoms. The molecule has 0 radical (unpaired) electrons. The highest BCUT2D eigenvalue weighted by molar-refractivity contribution is 7.22. The Bertz CT molecular complexity index is 635. The number of nitrogens with zero attached hydrogens (tertiary/aromatic N) is 2. The van der Waals surface area contributed by atoms with Crippen LogP contribution in [0.4, 0.5) is 9.52 Å². The van der Waals surface area contributed by atoms with Gasteiger partial charge in [-0.05, 0) is 25.3 Å². The zero-order chi connectivity index (χ0) is 13.4. The number of halogens is 1. The molecule has 2 heterocycles. The van der Waals surface area contributed by atoms with Crippen LogP contribution in [0.1, 0.15) is 29.6 Å². The Morgan fingerprint density at radius 3 is 2.74 bits per heavy atom. The van der Waals surface area contributed by atoms with Crippen molar-refractivity contribution in [3.63, 3.8) is 0 Å². The zero-order valence-corrected chi connectivity index (χ0v) is 11.0. The van der Waals surface area contributed by atoms with E-state index in [1.807, 2.05) is 0 Å². The summed E-state index contributed by atoms with van der Waals surface area (Å²) < 4.78 is 14.3. The van der Waals surface area contributed by atoms with E-state index in [1.165, 1.54) is 29.9 Å². The zero-order valence-electron chi connectivity index (χ0n) is 10.2. The minimum absolute atomic E-state index is 0.290. The number of rotatable bonds is 2. The van der Waals surface area contributed by atoms with E-state index in [-0.39, 0.29) is 5.56 Å². The topological polar surface area (TPSA) is 53.4 Å². The van der Waals surface area contributed by atoms with Crippen molar-refractivity contribution >= 4 is 32.7 Å². The summed E-state index contributed by atoms with van der Waals surface area (Å²) in [5.41, 5.74) is 0.245. The van der Waals surface area contributed by atoms with Crippen LogP contribution in [0, 0.1) is 5.82 Å². The summed E-state index contributed by atoms with van der Waals surface area (Å²) >= 11 is 1.43. The first kappa shape index (κ1) is 12.3. The number of hydrogen-bond acceptors (Lipinski definition) is 4. The van der Waals surface area contributed by atoms with Crippen molar-refractivity contribution in [3.05, 3.63) is 23.5 Å². The maximum atomic E-state index is 13.6. The molecular weight excluding hydrogens is 267 g/mol. The van der Waals surface area contributed by atoms with Crippen molar-refractivity contribution < 1.29 is 14.3 Å². The highest BCUT2D eigenvalue weighted by atomic mass is 32.1. The molecule has 0 atom stereocenters. The van der Waals surface area contributed by atoms with Gasteiger partial charge in [0.15, 0.2) is 5.13 Å². The number of piperidine rings is 1. The van der Waals surface area contributed by atoms with Crippen LogP contribution in [-0.2, 0) is 0 Å². The summed E-state index contributed by atoms with van der Waals surface area (Å²) in [5, 5.41) is 9.77. The van der Waals surface area contributed by atoms with Crippen LogP contribution in [0.2, 0.25) is 0 Å². The molecule has 1 aliphatic heterocycles. The lowest BCUT2D eigenvalue weighted by atomic mass is 10.1. The van der Waals surface area contributed by atoms with Crippen molar-refractivity contribution in [1.82, 2.24) is 4.98 Å². The van der Waals surface area contributed by atoms with Gasteiger partial charge in [-0.25, -0.2) is 14.2 Å². The molecule has 1 saturated heterocycles. The van der Waals surface area contributed by atoms with Gasteiger partial charge in [0.05, 0.1) is 15.8 Å². The largest absolute Gasteiger partial charge is 0.478 e. The second kappa shape index (κ2) is 4.77. The summed E-state index contributed by atoms with van der Waals surface area (Å²) in [6.07, 6.45) is 3.52. The number of anilines is 1. The van der Waals surface area contributed by atoms with Crippen LogP contribution < -0.4 is 4.90 Å². The quantitative estimate of drug-likeness (QED) is 0.918. The van der Waals surface area contributed by atoms with Crippen molar-refractivity contribution in [3.8, 4) is 0 Å². The van der Waals surface area contributed by atoms with E-state index in [0.29, 0.717) is 5.52 Å². The molecule has 0 amide bonds. The molecule has 100 valence electrons. The molecule has 0 spiro atoms. The third-order valence-corrected chi connectivity index (χ3v) is 4.40.